The highest BCUT2D eigenvalue weighted by Gasteiger charge is 2.42. The van der Waals surface area contributed by atoms with Gasteiger partial charge in [0, 0.05) is 25.0 Å². The number of fused-ring (bicyclic) bond motifs is 1. The molecule has 0 saturated carbocycles. The van der Waals surface area contributed by atoms with E-state index >= 15 is 0 Å². The summed E-state index contributed by atoms with van der Waals surface area (Å²) in [5, 5.41) is 21.0. The Morgan fingerprint density at radius 1 is 1.18 bits per heavy atom. The topological polar surface area (TPSA) is 147 Å². The van der Waals surface area contributed by atoms with Crippen LogP contribution in [0.15, 0.2) is 39.2 Å². The van der Waals surface area contributed by atoms with Gasteiger partial charge in [-0.2, -0.15) is 0 Å². The molecule has 0 saturated heterocycles. The van der Waals surface area contributed by atoms with Crippen molar-refractivity contribution in [2.24, 2.45) is 20.0 Å². The molecule has 1 atom stereocenters. The minimum absolute atomic E-state index is 0.0174. The molecule has 1 aromatic carbocycles. The molecule has 0 fully saturated rings. The number of aliphatic carboxylic acids is 2. The molecule has 10 nitrogen and oxygen atoms in total. The van der Waals surface area contributed by atoms with Crippen LogP contribution >= 0.6 is 22.9 Å². The first-order valence-electron chi connectivity index (χ1n) is 9.67. The maximum atomic E-state index is 14.0. The lowest BCUT2D eigenvalue weighted by Gasteiger charge is -2.19. The normalized spacial score (nSPS) is 12.4. The number of H-pyrrole nitrogens is 1. The van der Waals surface area contributed by atoms with Crippen LogP contribution in [0, 0.1) is 11.7 Å². The molecule has 3 aromatic heterocycles. The highest BCUT2D eigenvalue weighted by Crippen LogP contribution is 2.40. The molecule has 4 rings (SSSR count). The molecule has 176 valence electrons. The van der Waals surface area contributed by atoms with Crippen LogP contribution in [0.5, 0.6) is 0 Å². The zero-order valence-corrected chi connectivity index (χ0v) is 19.1. The van der Waals surface area contributed by atoms with Gasteiger partial charge in [-0.25, -0.2) is 14.2 Å². The fourth-order valence-corrected chi connectivity index (χ4v) is 5.06. The summed E-state index contributed by atoms with van der Waals surface area (Å²) in [5.74, 6) is -7.40. The first-order valence-corrected chi connectivity index (χ1v) is 10.9. The number of carboxylic acids is 2. The summed E-state index contributed by atoms with van der Waals surface area (Å²) in [5.41, 5.74) is -1.17. The van der Waals surface area contributed by atoms with Crippen LogP contribution in [0.1, 0.15) is 16.6 Å². The average molecular weight is 507 g/mol. The second-order valence-corrected chi connectivity index (χ2v) is 8.77. The summed E-state index contributed by atoms with van der Waals surface area (Å²) in [4.78, 5) is 57.0. The molecule has 3 N–H and O–H groups in total. The Labute approximate surface area is 198 Å². The van der Waals surface area contributed by atoms with E-state index in [9.17, 15) is 33.8 Å². The third-order valence-corrected chi connectivity index (χ3v) is 6.73. The zero-order valence-electron chi connectivity index (χ0n) is 17.6. The molecule has 3 heterocycles. The zero-order chi connectivity index (χ0) is 24.9. The van der Waals surface area contributed by atoms with Crippen molar-refractivity contribution in [3.8, 4) is 11.3 Å². The molecule has 0 spiro atoms. The third-order valence-electron chi connectivity index (χ3n) is 5.48. The number of aromatic amines is 1. The standard InChI is InChI=1S/C21H16ClFN4O6S/c1-26-16-13(18(28)27(2)21(26)33)14(8-4-3-5-9(23)6-8)25-15(16)11(12(19(29)30)20(31)32)17-24-10(22)7-34-17/h3-7,11-12,25H,1-2H3,(H,29,30)(H,31,32). The van der Waals surface area contributed by atoms with Crippen LogP contribution < -0.4 is 11.2 Å². The number of carboxylic acid groups (broad SMARTS) is 2. The Hall–Kier alpha value is -3.77. The van der Waals surface area contributed by atoms with Crippen LogP contribution in [0.4, 0.5) is 4.39 Å². The van der Waals surface area contributed by atoms with E-state index in [1.807, 2.05) is 0 Å². The van der Waals surface area contributed by atoms with Crippen molar-refractivity contribution in [2.45, 2.75) is 5.92 Å². The predicted octanol–water partition coefficient (Wildman–Crippen LogP) is 2.40. The van der Waals surface area contributed by atoms with Crippen molar-refractivity contribution in [1.82, 2.24) is 19.1 Å². The fourth-order valence-electron chi connectivity index (χ4n) is 3.96. The van der Waals surface area contributed by atoms with Crippen LogP contribution in [0.25, 0.3) is 22.2 Å². The SMILES string of the molecule is Cn1c(=O)c2c(-c3cccc(F)c3)[nH]c(C(c3nc(Cl)cs3)C(C(=O)O)C(=O)O)c2n(C)c1=O. The van der Waals surface area contributed by atoms with Gasteiger partial charge in [0.25, 0.3) is 5.56 Å². The molecule has 34 heavy (non-hydrogen) atoms. The number of hydrogen-bond donors (Lipinski definition) is 3. The van der Waals surface area contributed by atoms with Crippen molar-refractivity contribution >= 4 is 45.8 Å². The third kappa shape index (κ3) is 3.70. The van der Waals surface area contributed by atoms with E-state index in [1.165, 1.54) is 37.7 Å². The molecule has 0 radical (unpaired) electrons. The molecule has 1 unspecified atom stereocenters. The van der Waals surface area contributed by atoms with Crippen molar-refractivity contribution in [3.63, 3.8) is 0 Å². The summed E-state index contributed by atoms with van der Waals surface area (Å²) in [6.45, 7) is 0. The molecule has 0 aliphatic carbocycles. The summed E-state index contributed by atoms with van der Waals surface area (Å²) in [6.07, 6.45) is 0. The van der Waals surface area contributed by atoms with E-state index in [0.717, 1.165) is 26.5 Å². The first-order chi connectivity index (χ1) is 16.0. The van der Waals surface area contributed by atoms with Crippen LogP contribution in [0.2, 0.25) is 5.15 Å². The molecule has 0 bridgehead atoms. The molecule has 4 aromatic rings. The summed E-state index contributed by atoms with van der Waals surface area (Å²) in [7, 11) is 2.63. The van der Waals surface area contributed by atoms with Crippen molar-refractivity contribution < 1.29 is 24.2 Å². The van der Waals surface area contributed by atoms with Gasteiger partial charge in [-0.05, 0) is 12.1 Å². The van der Waals surface area contributed by atoms with Crippen LogP contribution in [-0.2, 0) is 23.7 Å². The van der Waals surface area contributed by atoms with Gasteiger partial charge in [0.15, 0.2) is 5.92 Å². The van der Waals surface area contributed by atoms with E-state index in [2.05, 4.69) is 9.97 Å². The molecule has 13 heteroatoms. The fraction of sp³-hybridized carbons (Fsp3) is 0.190. The number of nitrogens with one attached hydrogen (secondary N) is 1. The molecule has 0 amide bonds. The lowest BCUT2D eigenvalue weighted by Crippen LogP contribution is -2.37. The second kappa shape index (κ2) is 8.54. The summed E-state index contributed by atoms with van der Waals surface area (Å²) < 4.78 is 16.0. The Morgan fingerprint density at radius 3 is 2.41 bits per heavy atom. The number of thiazole rings is 1. The summed E-state index contributed by atoms with van der Waals surface area (Å²) in [6, 6.07) is 5.29. The highest BCUT2D eigenvalue weighted by atomic mass is 35.5. The summed E-state index contributed by atoms with van der Waals surface area (Å²) >= 11 is 6.87. The van der Waals surface area contributed by atoms with Crippen molar-refractivity contribution in [1.29, 1.82) is 0 Å². The molecule has 0 aliphatic heterocycles. The Kier molecular flexibility index (Phi) is 5.87. The highest BCUT2D eigenvalue weighted by molar-refractivity contribution is 7.10. The van der Waals surface area contributed by atoms with Gasteiger partial charge in [-0.15, -0.1) is 11.3 Å². The quantitative estimate of drug-likeness (QED) is 0.340. The van der Waals surface area contributed by atoms with E-state index in [4.69, 9.17) is 11.6 Å². The molecular formula is C21H16ClFN4O6S. The van der Waals surface area contributed by atoms with Crippen LogP contribution in [-0.4, -0.2) is 41.3 Å². The Bertz CT molecular complexity index is 1570. The van der Waals surface area contributed by atoms with Gasteiger partial charge < -0.3 is 15.2 Å². The molecular weight excluding hydrogens is 491 g/mol. The van der Waals surface area contributed by atoms with Crippen molar-refractivity contribution in [3.05, 3.63) is 72.2 Å². The van der Waals surface area contributed by atoms with Gasteiger partial charge in [-0.1, -0.05) is 23.7 Å². The number of aryl methyl sites for hydroxylation is 1. The van der Waals surface area contributed by atoms with Crippen molar-refractivity contribution in [2.75, 3.05) is 0 Å². The van der Waals surface area contributed by atoms with Gasteiger partial charge in [0.1, 0.15) is 16.0 Å². The lowest BCUT2D eigenvalue weighted by atomic mass is 9.89. The smallest absolute Gasteiger partial charge is 0.331 e. The number of hydrogen-bond acceptors (Lipinski definition) is 6. The Balaban J connectivity index is 2.20. The number of nitrogens with zero attached hydrogens (tertiary/aromatic N) is 3. The lowest BCUT2D eigenvalue weighted by molar-refractivity contribution is -0.155. The van der Waals surface area contributed by atoms with E-state index in [0.29, 0.717) is 0 Å². The van der Waals surface area contributed by atoms with Gasteiger partial charge in [-0.3, -0.25) is 23.5 Å². The Morgan fingerprint density at radius 2 is 1.85 bits per heavy atom. The largest absolute Gasteiger partial charge is 0.481 e. The van der Waals surface area contributed by atoms with Gasteiger partial charge in [0.05, 0.1) is 28.2 Å². The van der Waals surface area contributed by atoms with E-state index in [-0.39, 0.29) is 38.0 Å². The first kappa shape index (κ1) is 23.4. The number of aromatic nitrogens is 4. The average Bonchev–Trinajstić information content (AvgIpc) is 3.38. The number of benzene rings is 1. The van der Waals surface area contributed by atoms with Gasteiger partial charge in [0.2, 0.25) is 0 Å². The predicted molar refractivity (Wildman–Crippen MR) is 122 cm³/mol. The minimum atomic E-state index is -2.04. The monoisotopic (exact) mass is 506 g/mol. The van der Waals surface area contributed by atoms with Gasteiger partial charge >= 0.3 is 17.6 Å². The number of carbonyl (C=O) groups is 2. The minimum Gasteiger partial charge on any atom is -0.481 e. The van der Waals surface area contributed by atoms with E-state index in [1.54, 1.807) is 0 Å². The number of rotatable bonds is 6. The number of halogens is 2. The second-order valence-electron chi connectivity index (χ2n) is 7.49. The van der Waals surface area contributed by atoms with Crippen LogP contribution in [0.3, 0.4) is 0 Å². The maximum absolute atomic E-state index is 14.0. The van der Waals surface area contributed by atoms with E-state index < -0.39 is 40.8 Å². The molecule has 0 aliphatic rings. The maximum Gasteiger partial charge on any atom is 0.331 e.